The first-order chi connectivity index (χ1) is 11.7. The molecule has 0 spiro atoms. The van der Waals surface area contributed by atoms with Crippen molar-refractivity contribution in [3.05, 3.63) is 41.5 Å². The highest BCUT2D eigenvalue weighted by atomic mass is 16.4. The normalized spacial score (nSPS) is 21.2. The predicted molar refractivity (Wildman–Crippen MR) is 101 cm³/mol. The van der Waals surface area contributed by atoms with Gasteiger partial charge in [0.15, 0.2) is 0 Å². The molecule has 1 aromatic rings. The van der Waals surface area contributed by atoms with Gasteiger partial charge in [-0.1, -0.05) is 69.7 Å². The van der Waals surface area contributed by atoms with Gasteiger partial charge < -0.3 is 5.11 Å². The first kappa shape index (κ1) is 18.8. The molecule has 2 nitrogen and oxygen atoms in total. The van der Waals surface area contributed by atoms with Crippen molar-refractivity contribution in [2.45, 2.75) is 77.0 Å². The van der Waals surface area contributed by atoms with Gasteiger partial charge in [0.1, 0.15) is 0 Å². The van der Waals surface area contributed by atoms with Gasteiger partial charge in [-0.3, -0.25) is 0 Å². The lowest BCUT2D eigenvalue weighted by Gasteiger charge is -2.29. The summed E-state index contributed by atoms with van der Waals surface area (Å²) in [6, 6.07) is 8.43. The highest BCUT2D eigenvalue weighted by Gasteiger charge is 2.21. The van der Waals surface area contributed by atoms with Crippen LogP contribution in [0.5, 0.6) is 0 Å². The number of carbonyl (C=O) groups is 1. The monoisotopic (exact) mass is 328 g/mol. The lowest BCUT2D eigenvalue weighted by molar-refractivity contribution is -0.131. The molecule has 1 aromatic carbocycles. The third kappa shape index (κ3) is 6.51. The first-order valence-electron chi connectivity index (χ1n) is 9.70. The van der Waals surface area contributed by atoms with Crippen molar-refractivity contribution in [3.63, 3.8) is 0 Å². The molecule has 2 heteroatoms. The van der Waals surface area contributed by atoms with Crippen LogP contribution in [0.1, 0.15) is 88.2 Å². The fourth-order valence-corrected chi connectivity index (χ4v) is 3.87. The molecule has 2 rings (SSSR count). The van der Waals surface area contributed by atoms with Crippen molar-refractivity contribution in [2.24, 2.45) is 5.92 Å². The summed E-state index contributed by atoms with van der Waals surface area (Å²) in [7, 11) is 0. The summed E-state index contributed by atoms with van der Waals surface area (Å²) < 4.78 is 0. The summed E-state index contributed by atoms with van der Waals surface area (Å²) in [5, 5.41) is 8.68. The van der Waals surface area contributed by atoms with Gasteiger partial charge in [-0.15, -0.1) is 0 Å². The van der Waals surface area contributed by atoms with Crippen LogP contribution in [0.4, 0.5) is 0 Å². The molecule has 0 aromatic heterocycles. The van der Waals surface area contributed by atoms with E-state index in [1.54, 1.807) is 6.08 Å². The van der Waals surface area contributed by atoms with E-state index in [1.165, 1.54) is 75.8 Å². The molecule has 1 fully saturated rings. The molecule has 0 aliphatic heterocycles. The molecule has 132 valence electrons. The van der Waals surface area contributed by atoms with Crippen LogP contribution in [0.2, 0.25) is 0 Å². The molecule has 0 atom stereocenters. The van der Waals surface area contributed by atoms with Gasteiger partial charge in [-0.05, 0) is 54.7 Å². The number of unbranched alkanes of at least 4 members (excludes halogenated alkanes) is 4. The van der Waals surface area contributed by atoms with Crippen LogP contribution in [0.25, 0.3) is 6.08 Å². The van der Waals surface area contributed by atoms with E-state index < -0.39 is 5.97 Å². The van der Waals surface area contributed by atoms with Crippen LogP contribution >= 0.6 is 0 Å². The Hall–Kier alpha value is -1.57. The minimum atomic E-state index is -0.896. The van der Waals surface area contributed by atoms with E-state index in [9.17, 15) is 4.79 Å². The van der Waals surface area contributed by atoms with Gasteiger partial charge in [0, 0.05) is 6.08 Å². The fraction of sp³-hybridized carbons (Fsp3) is 0.591. The Bertz CT molecular complexity index is 507. The number of benzene rings is 1. The average molecular weight is 328 g/mol. The van der Waals surface area contributed by atoms with Crippen molar-refractivity contribution >= 4 is 12.0 Å². The summed E-state index contributed by atoms with van der Waals surface area (Å²) in [6.07, 6.45) is 16.6. The molecule has 0 saturated heterocycles. The molecule has 1 N–H and O–H groups in total. The third-order valence-corrected chi connectivity index (χ3v) is 5.39. The molecule has 0 bridgehead atoms. The zero-order valence-electron chi connectivity index (χ0n) is 15.0. The van der Waals surface area contributed by atoms with Crippen molar-refractivity contribution in [1.29, 1.82) is 0 Å². The van der Waals surface area contributed by atoms with Gasteiger partial charge in [0.05, 0.1) is 0 Å². The van der Waals surface area contributed by atoms with E-state index in [0.717, 1.165) is 11.5 Å². The largest absolute Gasteiger partial charge is 0.478 e. The van der Waals surface area contributed by atoms with Crippen LogP contribution < -0.4 is 0 Å². The fourth-order valence-electron chi connectivity index (χ4n) is 3.87. The number of carboxylic acids is 1. The van der Waals surface area contributed by atoms with Crippen molar-refractivity contribution < 1.29 is 9.90 Å². The molecule has 1 aliphatic rings. The lowest BCUT2D eigenvalue weighted by Crippen LogP contribution is -2.13. The van der Waals surface area contributed by atoms with Crippen molar-refractivity contribution in [3.8, 4) is 0 Å². The van der Waals surface area contributed by atoms with Gasteiger partial charge in [-0.2, -0.15) is 0 Å². The predicted octanol–water partition coefficient (Wildman–Crippen LogP) is 6.42. The summed E-state index contributed by atoms with van der Waals surface area (Å²) in [6.45, 7) is 2.27. The quantitative estimate of drug-likeness (QED) is 0.419. The van der Waals surface area contributed by atoms with Crippen LogP contribution in [0.15, 0.2) is 30.3 Å². The van der Waals surface area contributed by atoms with Crippen LogP contribution in [-0.2, 0) is 4.79 Å². The summed E-state index contributed by atoms with van der Waals surface area (Å²) >= 11 is 0. The smallest absolute Gasteiger partial charge is 0.328 e. The number of hydrogen-bond acceptors (Lipinski definition) is 1. The van der Waals surface area contributed by atoms with Gasteiger partial charge in [0.25, 0.3) is 0 Å². The zero-order chi connectivity index (χ0) is 17.2. The van der Waals surface area contributed by atoms with E-state index >= 15 is 0 Å². The molecule has 0 heterocycles. The SMILES string of the molecule is CCCCCCCC1CCC(c2ccc(C=CC(=O)O)cc2)CC1. The summed E-state index contributed by atoms with van der Waals surface area (Å²) in [5.74, 6) is 0.742. The van der Waals surface area contributed by atoms with Gasteiger partial charge >= 0.3 is 5.97 Å². The molecule has 24 heavy (non-hydrogen) atoms. The molecular formula is C22H32O2. The van der Waals surface area contributed by atoms with Gasteiger partial charge in [0.2, 0.25) is 0 Å². The number of aliphatic carboxylic acids is 1. The lowest BCUT2D eigenvalue weighted by atomic mass is 9.77. The second-order valence-corrected chi connectivity index (χ2v) is 7.26. The van der Waals surface area contributed by atoms with Crippen LogP contribution in [-0.4, -0.2) is 11.1 Å². The first-order valence-corrected chi connectivity index (χ1v) is 9.70. The average Bonchev–Trinajstić information content (AvgIpc) is 2.61. The van der Waals surface area contributed by atoms with Crippen LogP contribution in [0, 0.1) is 5.92 Å². The maximum absolute atomic E-state index is 10.6. The third-order valence-electron chi connectivity index (χ3n) is 5.39. The molecular weight excluding hydrogens is 296 g/mol. The van der Waals surface area contributed by atoms with E-state index in [2.05, 4.69) is 19.1 Å². The summed E-state index contributed by atoms with van der Waals surface area (Å²) in [5.41, 5.74) is 2.38. The molecule has 0 radical (unpaired) electrons. The Morgan fingerprint density at radius 3 is 2.33 bits per heavy atom. The maximum Gasteiger partial charge on any atom is 0.328 e. The Morgan fingerprint density at radius 2 is 1.71 bits per heavy atom. The minimum absolute atomic E-state index is 0.693. The Kier molecular flexibility index (Phi) is 8.07. The molecule has 1 aliphatic carbocycles. The summed E-state index contributed by atoms with van der Waals surface area (Å²) in [4.78, 5) is 10.6. The Morgan fingerprint density at radius 1 is 1.04 bits per heavy atom. The zero-order valence-corrected chi connectivity index (χ0v) is 15.0. The molecule has 0 amide bonds. The van der Waals surface area contributed by atoms with Crippen LogP contribution in [0.3, 0.4) is 0 Å². The highest BCUT2D eigenvalue weighted by Crippen LogP contribution is 2.37. The van der Waals surface area contributed by atoms with Crippen molar-refractivity contribution in [2.75, 3.05) is 0 Å². The number of hydrogen-bond donors (Lipinski definition) is 1. The van der Waals surface area contributed by atoms with E-state index in [-0.39, 0.29) is 0 Å². The van der Waals surface area contributed by atoms with E-state index in [4.69, 9.17) is 5.11 Å². The van der Waals surface area contributed by atoms with E-state index in [1.807, 2.05) is 12.1 Å². The molecule has 0 unspecified atom stereocenters. The van der Waals surface area contributed by atoms with Crippen molar-refractivity contribution in [1.82, 2.24) is 0 Å². The maximum atomic E-state index is 10.6. The Balaban J connectivity index is 1.73. The highest BCUT2D eigenvalue weighted by molar-refractivity contribution is 5.85. The standard InChI is InChI=1S/C22H32O2/c1-2-3-4-5-6-7-18-8-13-20(14-9-18)21-15-10-19(11-16-21)12-17-22(23)24/h10-12,15-18,20H,2-9,13-14H2,1H3,(H,23,24). The van der Waals surface area contributed by atoms with E-state index in [0.29, 0.717) is 5.92 Å². The molecule has 1 saturated carbocycles. The van der Waals surface area contributed by atoms with Gasteiger partial charge in [-0.25, -0.2) is 4.79 Å². The number of rotatable bonds is 9. The topological polar surface area (TPSA) is 37.3 Å². The second-order valence-electron chi connectivity index (χ2n) is 7.26. The Labute approximate surface area is 147 Å². The second kappa shape index (κ2) is 10.3. The minimum Gasteiger partial charge on any atom is -0.478 e. The number of carboxylic acid groups (broad SMARTS) is 1.